The summed E-state index contributed by atoms with van der Waals surface area (Å²) in [6.45, 7) is 2.96. The molecule has 0 aromatic heterocycles. The Labute approximate surface area is 188 Å². The lowest BCUT2D eigenvalue weighted by Gasteiger charge is -2.40. The fraction of sp³-hybridized carbons (Fsp3) is 0.360. The quantitative estimate of drug-likeness (QED) is 0.359. The number of likely N-dealkylation sites (tertiary alicyclic amines) is 1. The van der Waals surface area contributed by atoms with Crippen molar-refractivity contribution in [2.75, 3.05) is 33.3 Å². The standard InChI is InChI=1S/C25H28N2O5/c1-3-32-24(31)25(18-26(2)23(30)21-12-8-7-11-20(21)17-28)13-14-27(16-22(25)29)15-19-9-5-4-6-10-19/h4-12,17H,3,13-16,18H2,1-2H3. The molecule has 0 saturated carbocycles. The van der Waals surface area contributed by atoms with Crippen LogP contribution in [-0.2, 0) is 20.9 Å². The molecular formula is C25H28N2O5. The zero-order chi connectivity index (χ0) is 23.1. The highest BCUT2D eigenvalue weighted by Crippen LogP contribution is 2.32. The van der Waals surface area contributed by atoms with Crippen LogP contribution in [0.15, 0.2) is 54.6 Å². The predicted molar refractivity (Wildman–Crippen MR) is 119 cm³/mol. The van der Waals surface area contributed by atoms with Crippen LogP contribution in [0.4, 0.5) is 0 Å². The van der Waals surface area contributed by atoms with Crippen molar-refractivity contribution >= 4 is 23.9 Å². The third-order valence-electron chi connectivity index (χ3n) is 5.84. The average molecular weight is 437 g/mol. The molecular weight excluding hydrogens is 408 g/mol. The van der Waals surface area contributed by atoms with Crippen molar-refractivity contribution in [1.82, 2.24) is 9.80 Å². The van der Waals surface area contributed by atoms with E-state index in [1.54, 1.807) is 31.2 Å². The maximum atomic E-state index is 13.3. The first-order chi connectivity index (χ1) is 15.4. The molecule has 2 aromatic rings. The Morgan fingerprint density at radius 2 is 1.81 bits per heavy atom. The number of benzene rings is 2. The first-order valence-corrected chi connectivity index (χ1v) is 10.7. The second-order valence-electron chi connectivity index (χ2n) is 8.04. The number of carbonyl (C=O) groups is 4. The van der Waals surface area contributed by atoms with E-state index in [-0.39, 0.29) is 43.0 Å². The SMILES string of the molecule is CCOC(=O)C1(CN(C)C(=O)c2ccccc2C=O)CCN(Cc2ccccc2)CC1=O. The molecule has 0 aliphatic carbocycles. The molecule has 0 bridgehead atoms. The van der Waals surface area contributed by atoms with Gasteiger partial charge >= 0.3 is 5.97 Å². The van der Waals surface area contributed by atoms with Gasteiger partial charge in [-0.1, -0.05) is 48.5 Å². The third kappa shape index (κ3) is 4.94. The molecule has 32 heavy (non-hydrogen) atoms. The Hall–Kier alpha value is -3.32. The van der Waals surface area contributed by atoms with Gasteiger partial charge in [-0.3, -0.25) is 24.1 Å². The summed E-state index contributed by atoms with van der Waals surface area (Å²) < 4.78 is 5.27. The van der Waals surface area contributed by atoms with E-state index in [0.29, 0.717) is 19.4 Å². The number of esters is 1. The van der Waals surface area contributed by atoms with E-state index >= 15 is 0 Å². The van der Waals surface area contributed by atoms with Crippen LogP contribution in [0.3, 0.4) is 0 Å². The van der Waals surface area contributed by atoms with Gasteiger partial charge in [-0.15, -0.1) is 0 Å². The van der Waals surface area contributed by atoms with Gasteiger partial charge in [0.1, 0.15) is 5.41 Å². The molecule has 1 amide bonds. The van der Waals surface area contributed by atoms with Crippen molar-refractivity contribution in [3.63, 3.8) is 0 Å². The number of hydrogen-bond acceptors (Lipinski definition) is 6. The fourth-order valence-corrected chi connectivity index (χ4v) is 4.09. The number of aldehydes is 1. The summed E-state index contributed by atoms with van der Waals surface area (Å²) in [5, 5.41) is 0. The zero-order valence-electron chi connectivity index (χ0n) is 18.5. The third-order valence-corrected chi connectivity index (χ3v) is 5.84. The maximum Gasteiger partial charge on any atom is 0.321 e. The molecule has 1 unspecified atom stereocenters. The summed E-state index contributed by atoms with van der Waals surface area (Å²) in [5.74, 6) is -1.29. The Kier molecular flexibility index (Phi) is 7.53. The van der Waals surface area contributed by atoms with Crippen molar-refractivity contribution in [3.05, 3.63) is 71.3 Å². The topological polar surface area (TPSA) is 84.0 Å². The van der Waals surface area contributed by atoms with Crippen molar-refractivity contribution in [3.8, 4) is 0 Å². The number of carbonyl (C=O) groups excluding carboxylic acids is 4. The first kappa shape index (κ1) is 23.3. The highest BCUT2D eigenvalue weighted by atomic mass is 16.5. The summed E-state index contributed by atoms with van der Waals surface area (Å²) in [6.07, 6.45) is 0.875. The van der Waals surface area contributed by atoms with Crippen molar-refractivity contribution < 1.29 is 23.9 Å². The molecule has 1 heterocycles. The maximum absolute atomic E-state index is 13.3. The van der Waals surface area contributed by atoms with Gasteiger partial charge in [-0.05, 0) is 25.0 Å². The largest absolute Gasteiger partial charge is 0.465 e. The molecule has 1 saturated heterocycles. The summed E-state index contributed by atoms with van der Waals surface area (Å²) >= 11 is 0. The number of ketones is 1. The molecule has 0 N–H and O–H groups in total. The summed E-state index contributed by atoms with van der Waals surface area (Å²) in [6, 6.07) is 16.3. The van der Waals surface area contributed by atoms with Crippen LogP contribution < -0.4 is 0 Å². The van der Waals surface area contributed by atoms with Gasteiger partial charge in [-0.25, -0.2) is 0 Å². The average Bonchev–Trinajstić information content (AvgIpc) is 2.81. The number of amides is 1. The second-order valence-corrected chi connectivity index (χ2v) is 8.04. The minimum atomic E-state index is -1.43. The number of nitrogens with zero attached hydrogens (tertiary/aromatic N) is 2. The Morgan fingerprint density at radius 1 is 1.12 bits per heavy atom. The molecule has 1 aliphatic heterocycles. The van der Waals surface area contributed by atoms with Gasteiger partial charge in [0.15, 0.2) is 12.1 Å². The van der Waals surface area contributed by atoms with Gasteiger partial charge in [0.2, 0.25) is 0 Å². The van der Waals surface area contributed by atoms with Gasteiger partial charge < -0.3 is 9.64 Å². The van der Waals surface area contributed by atoms with Crippen molar-refractivity contribution in [2.45, 2.75) is 19.9 Å². The van der Waals surface area contributed by atoms with Crippen LogP contribution >= 0.6 is 0 Å². The number of Topliss-reactive ketones (excluding diaryl/α,β-unsaturated/α-hetero) is 1. The molecule has 1 aliphatic rings. The molecule has 1 atom stereocenters. The van der Waals surface area contributed by atoms with Crippen LogP contribution in [0.1, 0.15) is 39.6 Å². The minimum Gasteiger partial charge on any atom is -0.465 e. The molecule has 0 radical (unpaired) electrons. The number of hydrogen-bond donors (Lipinski definition) is 0. The Morgan fingerprint density at radius 3 is 2.47 bits per heavy atom. The van der Waals surface area contributed by atoms with E-state index in [9.17, 15) is 19.2 Å². The monoisotopic (exact) mass is 436 g/mol. The highest BCUT2D eigenvalue weighted by molar-refractivity contribution is 6.07. The van der Waals surface area contributed by atoms with Gasteiger partial charge in [0, 0.05) is 32.2 Å². The predicted octanol–water partition coefficient (Wildman–Crippen LogP) is 2.60. The first-order valence-electron chi connectivity index (χ1n) is 10.7. The lowest BCUT2D eigenvalue weighted by Crippen LogP contribution is -2.57. The van der Waals surface area contributed by atoms with E-state index in [0.717, 1.165) is 5.56 Å². The zero-order valence-corrected chi connectivity index (χ0v) is 18.5. The van der Waals surface area contributed by atoms with E-state index in [1.807, 2.05) is 35.2 Å². The Balaban J connectivity index is 1.80. The molecule has 1 fully saturated rings. The lowest BCUT2D eigenvalue weighted by molar-refractivity contribution is -0.164. The molecule has 168 valence electrons. The molecule has 7 heteroatoms. The van der Waals surface area contributed by atoms with Gasteiger partial charge in [0.25, 0.3) is 5.91 Å². The van der Waals surface area contributed by atoms with Crippen LogP contribution in [0, 0.1) is 5.41 Å². The highest BCUT2D eigenvalue weighted by Gasteiger charge is 2.51. The van der Waals surface area contributed by atoms with E-state index < -0.39 is 17.3 Å². The number of piperidine rings is 1. The molecule has 0 spiro atoms. The van der Waals surface area contributed by atoms with Crippen LogP contribution in [0.25, 0.3) is 0 Å². The normalized spacial score (nSPS) is 18.8. The Bertz CT molecular complexity index is 991. The lowest BCUT2D eigenvalue weighted by atomic mass is 9.76. The number of rotatable bonds is 8. The van der Waals surface area contributed by atoms with E-state index in [4.69, 9.17) is 4.74 Å². The minimum absolute atomic E-state index is 0.0979. The van der Waals surface area contributed by atoms with Gasteiger partial charge in [0.05, 0.1) is 18.7 Å². The van der Waals surface area contributed by atoms with Crippen molar-refractivity contribution in [2.24, 2.45) is 5.41 Å². The number of ether oxygens (including phenoxy) is 1. The van der Waals surface area contributed by atoms with Crippen molar-refractivity contribution in [1.29, 1.82) is 0 Å². The van der Waals surface area contributed by atoms with Crippen LogP contribution in [0.2, 0.25) is 0 Å². The fourth-order valence-electron chi connectivity index (χ4n) is 4.09. The molecule has 2 aromatic carbocycles. The van der Waals surface area contributed by atoms with Gasteiger partial charge in [-0.2, -0.15) is 0 Å². The van der Waals surface area contributed by atoms with Crippen LogP contribution in [-0.4, -0.2) is 67.0 Å². The van der Waals surface area contributed by atoms with E-state index in [2.05, 4.69) is 0 Å². The molecule has 7 nitrogen and oxygen atoms in total. The second kappa shape index (κ2) is 10.3. The van der Waals surface area contributed by atoms with E-state index in [1.165, 1.54) is 11.9 Å². The smallest absolute Gasteiger partial charge is 0.321 e. The summed E-state index contributed by atoms with van der Waals surface area (Å²) in [5.41, 5.74) is 0.155. The van der Waals surface area contributed by atoms with Crippen LogP contribution in [0.5, 0.6) is 0 Å². The summed E-state index contributed by atoms with van der Waals surface area (Å²) in [7, 11) is 1.54. The molecule has 3 rings (SSSR count). The summed E-state index contributed by atoms with van der Waals surface area (Å²) in [4.78, 5) is 54.0.